The lowest BCUT2D eigenvalue weighted by atomic mass is 10.2. The highest BCUT2D eigenvalue weighted by Gasteiger charge is 1.93. The summed E-state index contributed by atoms with van der Waals surface area (Å²) in [5, 5.41) is 3.36. The summed E-state index contributed by atoms with van der Waals surface area (Å²) in [5.41, 5.74) is 9.28. The van der Waals surface area contributed by atoms with Gasteiger partial charge in [0.1, 0.15) is 0 Å². The van der Waals surface area contributed by atoms with Crippen LogP contribution in [0.25, 0.3) is 10.4 Å². The van der Waals surface area contributed by atoms with Gasteiger partial charge in [0.25, 0.3) is 0 Å². The van der Waals surface area contributed by atoms with Crippen molar-refractivity contribution in [2.45, 2.75) is 6.54 Å². The molecule has 0 aliphatic heterocycles. The highest BCUT2D eigenvalue weighted by atomic mass is 32.2. The van der Waals surface area contributed by atoms with Gasteiger partial charge in [0, 0.05) is 21.9 Å². The summed E-state index contributed by atoms with van der Waals surface area (Å²) in [6.07, 6.45) is 0. The van der Waals surface area contributed by atoms with Crippen molar-refractivity contribution in [3.05, 3.63) is 40.3 Å². The van der Waals surface area contributed by atoms with Crippen molar-refractivity contribution in [1.29, 1.82) is 0 Å². The van der Waals surface area contributed by atoms with Crippen LogP contribution >= 0.6 is 0 Å². The molecular weight excluding hydrogens is 204 g/mol. The fraction of sp³-hybridized carbons (Fsp3) is 0.143. The monoisotopic (exact) mass is 211 g/mol. The average molecular weight is 211 g/mol. The first kappa shape index (κ1) is 10.5. The third kappa shape index (κ3) is 3.44. The molecule has 0 fully saturated rings. The van der Waals surface area contributed by atoms with E-state index in [9.17, 15) is 8.76 Å². The normalized spacial score (nSPS) is 11.5. The molecule has 74 valence electrons. The lowest BCUT2D eigenvalue weighted by molar-refractivity contribution is 0.542. The summed E-state index contributed by atoms with van der Waals surface area (Å²) in [6, 6.07) is 6.63. The topological polar surface area (TPSA) is 101 Å². The van der Waals surface area contributed by atoms with E-state index >= 15 is 0 Å². The Morgan fingerprint density at radius 3 is 3.07 bits per heavy atom. The molecule has 0 aromatic heterocycles. The van der Waals surface area contributed by atoms with Crippen LogP contribution in [0.15, 0.2) is 29.4 Å². The SMILES string of the molecule is [N-]=[N+]=NCc1cccc(NS(=O)[O-])c1. The molecule has 1 N–H and O–H groups in total. The van der Waals surface area contributed by atoms with Crippen molar-refractivity contribution >= 4 is 17.0 Å². The van der Waals surface area contributed by atoms with E-state index in [4.69, 9.17) is 5.53 Å². The second-order valence-electron chi connectivity index (χ2n) is 2.43. The molecule has 14 heavy (non-hydrogen) atoms. The number of hydrogen-bond acceptors (Lipinski definition) is 3. The molecule has 0 spiro atoms. The number of anilines is 1. The molecule has 1 atom stereocenters. The van der Waals surface area contributed by atoms with E-state index in [-0.39, 0.29) is 6.54 Å². The number of benzene rings is 1. The Labute approximate surface area is 83.0 Å². The van der Waals surface area contributed by atoms with Gasteiger partial charge >= 0.3 is 0 Å². The van der Waals surface area contributed by atoms with E-state index < -0.39 is 11.3 Å². The summed E-state index contributed by atoms with van der Waals surface area (Å²) >= 11 is -2.33. The van der Waals surface area contributed by atoms with Gasteiger partial charge in [-0.05, 0) is 23.2 Å². The van der Waals surface area contributed by atoms with Crippen LogP contribution < -0.4 is 4.72 Å². The second kappa shape index (κ2) is 5.23. The average Bonchev–Trinajstić information content (AvgIpc) is 2.14. The molecule has 0 amide bonds. The number of hydrogen-bond donors (Lipinski definition) is 1. The largest absolute Gasteiger partial charge is 0.755 e. The van der Waals surface area contributed by atoms with Crippen LogP contribution in [0, 0.1) is 0 Å². The predicted octanol–water partition coefficient (Wildman–Crippen LogP) is 1.70. The maximum absolute atomic E-state index is 10.3. The maximum atomic E-state index is 10.3. The lowest BCUT2D eigenvalue weighted by Gasteiger charge is -2.08. The summed E-state index contributed by atoms with van der Waals surface area (Å²) in [5.74, 6) is 0. The van der Waals surface area contributed by atoms with E-state index in [1.165, 1.54) is 0 Å². The van der Waals surface area contributed by atoms with Crippen LogP contribution in [-0.2, 0) is 17.8 Å². The maximum Gasteiger partial charge on any atom is 0.0511 e. The molecule has 1 aromatic carbocycles. The van der Waals surface area contributed by atoms with Crippen LogP contribution in [0.2, 0.25) is 0 Å². The standard InChI is InChI=1S/C7H8N4O2S/c8-11-9-5-6-2-1-3-7(4-6)10-14(12)13/h1-4,10H,5H2,(H,12,13)/p-1. The summed E-state index contributed by atoms with van der Waals surface area (Å²) < 4.78 is 22.8. The van der Waals surface area contributed by atoms with Crippen molar-refractivity contribution in [2.24, 2.45) is 5.11 Å². The molecule has 0 aliphatic carbocycles. The molecule has 1 aromatic rings. The highest BCUT2D eigenvalue weighted by molar-refractivity contribution is 7.80. The Morgan fingerprint density at radius 2 is 2.43 bits per heavy atom. The molecule has 0 aliphatic rings. The second-order valence-corrected chi connectivity index (χ2v) is 3.10. The van der Waals surface area contributed by atoms with Gasteiger partial charge in [-0.25, -0.2) is 0 Å². The fourth-order valence-corrected chi connectivity index (χ4v) is 1.26. The van der Waals surface area contributed by atoms with E-state index in [1.807, 2.05) is 0 Å². The van der Waals surface area contributed by atoms with Crippen molar-refractivity contribution in [3.63, 3.8) is 0 Å². The molecule has 0 saturated heterocycles. The minimum atomic E-state index is -2.33. The zero-order valence-corrected chi connectivity index (χ0v) is 7.90. The minimum absolute atomic E-state index is 0.206. The van der Waals surface area contributed by atoms with Crippen LogP contribution in [-0.4, -0.2) is 8.76 Å². The Bertz CT molecular complexity index is 370. The van der Waals surface area contributed by atoms with Crippen molar-refractivity contribution in [1.82, 2.24) is 0 Å². The summed E-state index contributed by atoms with van der Waals surface area (Å²) in [4.78, 5) is 2.60. The van der Waals surface area contributed by atoms with Gasteiger partial charge in [0.2, 0.25) is 0 Å². The molecule has 0 heterocycles. The van der Waals surface area contributed by atoms with Gasteiger partial charge in [-0.1, -0.05) is 17.2 Å². The third-order valence-electron chi connectivity index (χ3n) is 1.44. The van der Waals surface area contributed by atoms with Gasteiger partial charge in [-0.2, -0.15) is 0 Å². The fourth-order valence-electron chi connectivity index (χ4n) is 0.943. The van der Waals surface area contributed by atoms with E-state index in [0.29, 0.717) is 5.69 Å². The van der Waals surface area contributed by atoms with Crippen LogP contribution in [0.3, 0.4) is 0 Å². The zero-order valence-electron chi connectivity index (χ0n) is 7.08. The zero-order chi connectivity index (χ0) is 10.4. The molecule has 7 heteroatoms. The molecule has 0 bridgehead atoms. The minimum Gasteiger partial charge on any atom is -0.755 e. The number of rotatable bonds is 4. The number of nitrogens with zero attached hydrogens (tertiary/aromatic N) is 3. The third-order valence-corrected chi connectivity index (χ3v) is 1.85. The van der Waals surface area contributed by atoms with Gasteiger partial charge in [0.05, 0.1) is 6.54 Å². The Hall–Kier alpha value is -1.56. The molecule has 0 saturated carbocycles. The first-order valence-corrected chi connectivity index (χ1v) is 4.75. The predicted molar refractivity (Wildman–Crippen MR) is 51.8 cm³/mol. The van der Waals surface area contributed by atoms with Crippen LogP contribution in [0.5, 0.6) is 0 Å². The summed E-state index contributed by atoms with van der Waals surface area (Å²) in [6.45, 7) is 0.206. The van der Waals surface area contributed by atoms with Crippen LogP contribution in [0.4, 0.5) is 5.69 Å². The molecule has 1 unspecified atom stereocenters. The summed E-state index contributed by atoms with van der Waals surface area (Å²) in [7, 11) is 0. The van der Waals surface area contributed by atoms with Crippen molar-refractivity contribution in [2.75, 3.05) is 4.72 Å². The Balaban J connectivity index is 2.78. The van der Waals surface area contributed by atoms with Gasteiger partial charge in [-0.3, -0.25) is 4.21 Å². The van der Waals surface area contributed by atoms with Crippen LogP contribution in [0.1, 0.15) is 5.56 Å². The van der Waals surface area contributed by atoms with E-state index in [2.05, 4.69) is 14.7 Å². The Kier molecular flexibility index (Phi) is 3.93. The first-order chi connectivity index (χ1) is 6.72. The van der Waals surface area contributed by atoms with E-state index in [1.54, 1.807) is 24.3 Å². The van der Waals surface area contributed by atoms with E-state index in [0.717, 1.165) is 5.56 Å². The quantitative estimate of drug-likeness (QED) is 0.354. The van der Waals surface area contributed by atoms with Gasteiger partial charge < -0.3 is 9.27 Å². The molecule has 0 radical (unpaired) electrons. The van der Waals surface area contributed by atoms with Gasteiger partial charge in [-0.15, -0.1) is 0 Å². The Morgan fingerprint density at radius 1 is 1.64 bits per heavy atom. The highest BCUT2D eigenvalue weighted by Crippen LogP contribution is 2.11. The lowest BCUT2D eigenvalue weighted by Crippen LogP contribution is -2.02. The number of azide groups is 1. The van der Waals surface area contributed by atoms with Gasteiger partial charge in [0.15, 0.2) is 0 Å². The molecular formula is C7H7N4O2S-. The molecule has 1 rings (SSSR count). The van der Waals surface area contributed by atoms with Crippen molar-refractivity contribution < 1.29 is 8.76 Å². The molecule has 6 nitrogen and oxygen atoms in total. The number of nitrogens with one attached hydrogen (secondary N) is 1. The van der Waals surface area contributed by atoms with Crippen molar-refractivity contribution in [3.8, 4) is 0 Å². The smallest absolute Gasteiger partial charge is 0.0511 e. The first-order valence-electron chi connectivity index (χ1n) is 3.68.